The van der Waals surface area contributed by atoms with Crippen molar-refractivity contribution in [3.05, 3.63) is 52.7 Å². The largest absolute Gasteiger partial charge is 0.462 e. The lowest BCUT2D eigenvalue weighted by Gasteiger charge is -2.42. The molecule has 0 aliphatic carbocycles. The van der Waals surface area contributed by atoms with Crippen LogP contribution in [0.5, 0.6) is 6.01 Å². The van der Waals surface area contributed by atoms with E-state index < -0.39 is 0 Å². The molecule has 2 fully saturated rings. The van der Waals surface area contributed by atoms with Gasteiger partial charge in [-0.1, -0.05) is 30.3 Å². The summed E-state index contributed by atoms with van der Waals surface area (Å²) in [6, 6.07) is 8.84. The summed E-state index contributed by atoms with van der Waals surface area (Å²) < 4.78 is 6.23. The van der Waals surface area contributed by atoms with Crippen LogP contribution in [-0.2, 0) is 17.8 Å². The van der Waals surface area contributed by atoms with Crippen molar-refractivity contribution in [3.8, 4) is 12.1 Å². The molecule has 39 heavy (non-hydrogen) atoms. The highest BCUT2D eigenvalue weighted by Crippen LogP contribution is 2.35. The number of aromatic nitrogens is 2. The second kappa shape index (κ2) is 11.8. The Hall–Kier alpha value is -3.35. The number of fused-ring (bicyclic) bond motifs is 1. The number of rotatable bonds is 7. The highest BCUT2D eigenvalue weighted by atomic mass is 35.5. The Morgan fingerprint density at radius 3 is 2.82 bits per heavy atom. The summed E-state index contributed by atoms with van der Waals surface area (Å²) >= 11 is 6.69. The first-order valence-corrected chi connectivity index (χ1v) is 14.0. The number of likely N-dealkylation sites (tertiary alicyclic amines) is 1. The zero-order chi connectivity index (χ0) is 27.5. The Labute approximate surface area is 235 Å². The molecule has 2 unspecified atom stereocenters. The predicted molar refractivity (Wildman–Crippen MR) is 152 cm³/mol. The first-order chi connectivity index (χ1) is 18.9. The minimum atomic E-state index is -0.234. The standard InChI is InChI=1S/C29H36ClN7O2/c1-4-26(38)37-16-15-36(17-21(37)10-12-31)28-23-11-14-35(25-9-5-7-20(2)27(25)30)18-24(23)32-29(33-28)39-19-22-8-6-13-34(22)3/h4-5,7,9,21-22H,1,6,8,10-11,13-19H2,2-3H3. The summed E-state index contributed by atoms with van der Waals surface area (Å²) in [7, 11) is 2.13. The van der Waals surface area contributed by atoms with E-state index in [9.17, 15) is 10.1 Å². The van der Waals surface area contributed by atoms with Crippen LogP contribution in [0, 0.1) is 18.3 Å². The van der Waals surface area contributed by atoms with Crippen molar-refractivity contribution in [2.45, 2.75) is 51.2 Å². The number of aryl methyl sites for hydroxylation is 1. The number of ether oxygens (including phenoxy) is 1. The van der Waals surface area contributed by atoms with Crippen molar-refractivity contribution < 1.29 is 9.53 Å². The lowest BCUT2D eigenvalue weighted by atomic mass is 10.0. The van der Waals surface area contributed by atoms with E-state index in [0.717, 1.165) is 59.3 Å². The lowest BCUT2D eigenvalue weighted by Crippen LogP contribution is -2.55. The number of hydrogen-bond donors (Lipinski definition) is 0. The average molecular weight is 550 g/mol. The molecule has 4 heterocycles. The number of carbonyl (C=O) groups excluding carboxylic acids is 1. The van der Waals surface area contributed by atoms with E-state index in [1.54, 1.807) is 4.90 Å². The molecule has 206 valence electrons. The maximum absolute atomic E-state index is 12.5. The van der Waals surface area contributed by atoms with Crippen LogP contribution in [0.25, 0.3) is 0 Å². The molecule has 2 saturated heterocycles. The van der Waals surface area contributed by atoms with Crippen LogP contribution >= 0.6 is 11.6 Å². The Morgan fingerprint density at radius 1 is 1.23 bits per heavy atom. The van der Waals surface area contributed by atoms with Gasteiger partial charge in [0.2, 0.25) is 5.91 Å². The summed E-state index contributed by atoms with van der Waals surface area (Å²) in [6.07, 6.45) is 4.60. The number of piperazine rings is 1. The van der Waals surface area contributed by atoms with E-state index >= 15 is 0 Å². The molecule has 0 spiro atoms. The molecule has 3 aliphatic rings. The molecule has 1 amide bonds. The fourth-order valence-electron chi connectivity index (χ4n) is 5.89. The topological polar surface area (TPSA) is 88.8 Å². The van der Waals surface area contributed by atoms with Crippen LogP contribution in [0.3, 0.4) is 0 Å². The number of nitrogens with zero attached hydrogens (tertiary/aromatic N) is 7. The third-order valence-corrected chi connectivity index (χ3v) is 8.67. The van der Waals surface area contributed by atoms with Crippen molar-refractivity contribution >= 4 is 29.0 Å². The third-order valence-electron chi connectivity index (χ3n) is 8.18. The first-order valence-electron chi connectivity index (χ1n) is 13.7. The summed E-state index contributed by atoms with van der Waals surface area (Å²) in [5, 5.41) is 10.2. The number of likely N-dealkylation sites (N-methyl/N-ethyl adjacent to an activating group) is 1. The second-order valence-electron chi connectivity index (χ2n) is 10.6. The minimum Gasteiger partial charge on any atom is -0.462 e. The van der Waals surface area contributed by atoms with E-state index in [-0.39, 0.29) is 18.4 Å². The van der Waals surface area contributed by atoms with Gasteiger partial charge < -0.3 is 24.3 Å². The quantitative estimate of drug-likeness (QED) is 0.484. The molecule has 10 heteroatoms. The van der Waals surface area contributed by atoms with Gasteiger partial charge >= 0.3 is 6.01 Å². The normalized spacial score (nSPS) is 21.4. The predicted octanol–water partition coefficient (Wildman–Crippen LogP) is 3.59. The number of carbonyl (C=O) groups is 1. The van der Waals surface area contributed by atoms with Crippen LogP contribution in [0.2, 0.25) is 5.02 Å². The van der Waals surface area contributed by atoms with E-state index in [1.165, 1.54) is 12.5 Å². The summed E-state index contributed by atoms with van der Waals surface area (Å²) in [4.78, 5) is 30.8. The van der Waals surface area contributed by atoms with Gasteiger partial charge in [-0.2, -0.15) is 15.2 Å². The zero-order valence-electron chi connectivity index (χ0n) is 22.8. The van der Waals surface area contributed by atoms with Crippen molar-refractivity contribution in [1.29, 1.82) is 5.26 Å². The molecule has 3 aliphatic heterocycles. The molecule has 2 aromatic rings. The SMILES string of the molecule is C=CC(=O)N1CCN(c2nc(OCC3CCCN3C)nc3c2CCN(c2cccc(C)c2Cl)C3)CC1CC#N. The third kappa shape index (κ3) is 5.68. The molecule has 9 nitrogen and oxygen atoms in total. The van der Waals surface area contributed by atoms with Crippen LogP contribution in [-0.4, -0.2) is 84.1 Å². The molecule has 1 aromatic carbocycles. The molecule has 0 radical (unpaired) electrons. The second-order valence-corrected chi connectivity index (χ2v) is 11.0. The van der Waals surface area contributed by atoms with Gasteiger partial charge in [0.05, 0.1) is 41.5 Å². The zero-order valence-corrected chi connectivity index (χ0v) is 23.5. The number of hydrogen-bond acceptors (Lipinski definition) is 8. The highest BCUT2D eigenvalue weighted by molar-refractivity contribution is 6.34. The van der Waals surface area contributed by atoms with Crippen molar-refractivity contribution in [2.75, 3.05) is 56.2 Å². The maximum Gasteiger partial charge on any atom is 0.318 e. The Bertz CT molecular complexity index is 1280. The summed E-state index contributed by atoms with van der Waals surface area (Å²) in [6.45, 7) is 10.3. The summed E-state index contributed by atoms with van der Waals surface area (Å²) in [5.41, 5.74) is 4.08. The van der Waals surface area contributed by atoms with Crippen LogP contribution in [0.4, 0.5) is 11.5 Å². The monoisotopic (exact) mass is 549 g/mol. The molecule has 2 atom stereocenters. The van der Waals surface area contributed by atoms with Gasteiger partial charge in [-0.15, -0.1) is 0 Å². The van der Waals surface area contributed by atoms with Gasteiger partial charge in [0.1, 0.15) is 12.4 Å². The van der Waals surface area contributed by atoms with E-state index in [0.29, 0.717) is 44.8 Å². The fraction of sp³-hybridized carbons (Fsp3) is 0.517. The lowest BCUT2D eigenvalue weighted by molar-refractivity contribution is -0.128. The molecular formula is C29H36ClN7O2. The average Bonchev–Trinajstić information content (AvgIpc) is 3.36. The molecule has 0 bridgehead atoms. The van der Waals surface area contributed by atoms with Crippen LogP contribution < -0.4 is 14.5 Å². The number of halogens is 1. The minimum absolute atomic E-state index is 0.144. The van der Waals surface area contributed by atoms with Gasteiger partial charge in [0.25, 0.3) is 0 Å². The Morgan fingerprint density at radius 2 is 2.08 bits per heavy atom. The highest BCUT2D eigenvalue weighted by Gasteiger charge is 2.33. The van der Waals surface area contributed by atoms with Crippen molar-refractivity contribution in [3.63, 3.8) is 0 Å². The van der Waals surface area contributed by atoms with Gasteiger partial charge in [0, 0.05) is 37.8 Å². The van der Waals surface area contributed by atoms with E-state index in [2.05, 4.69) is 40.5 Å². The molecule has 0 saturated carbocycles. The van der Waals surface area contributed by atoms with Gasteiger partial charge in [0.15, 0.2) is 0 Å². The maximum atomic E-state index is 12.5. The number of amides is 1. The van der Waals surface area contributed by atoms with Gasteiger partial charge in [-0.05, 0) is 57.5 Å². The number of nitriles is 1. The van der Waals surface area contributed by atoms with E-state index in [1.807, 2.05) is 19.1 Å². The number of benzene rings is 1. The van der Waals surface area contributed by atoms with Crippen molar-refractivity contribution in [1.82, 2.24) is 19.8 Å². The van der Waals surface area contributed by atoms with Gasteiger partial charge in [-0.25, -0.2) is 0 Å². The first kappa shape index (κ1) is 27.2. The Kier molecular flexibility index (Phi) is 8.24. The number of anilines is 2. The smallest absolute Gasteiger partial charge is 0.318 e. The molecule has 5 rings (SSSR count). The van der Waals surface area contributed by atoms with Gasteiger partial charge in [-0.3, -0.25) is 4.79 Å². The summed E-state index contributed by atoms with van der Waals surface area (Å²) in [5.74, 6) is 0.702. The fourth-order valence-corrected chi connectivity index (χ4v) is 6.14. The van der Waals surface area contributed by atoms with Crippen LogP contribution in [0.15, 0.2) is 30.9 Å². The van der Waals surface area contributed by atoms with Crippen molar-refractivity contribution in [2.24, 2.45) is 0 Å². The Balaban J connectivity index is 1.46. The molecular weight excluding hydrogens is 514 g/mol. The van der Waals surface area contributed by atoms with E-state index in [4.69, 9.17) is 26.3 Å². The van der Waals surface area contributed by atoms with Crippen LogP contribution in [0.1, 0.15) is 36.1 Å². The molecule has 0 N–H and O–H groups in total. The molecule has 1 aromatic heterocycles.